The van der Waals surface area contributed by atoms with Crippen molar-refractivity contribution in [1.82, 2.24) is 9.78 Å². The lowest BCUT2D eigenvalue weighted by Crippen LogP contribution is -2.08. The molecule has 6 nitrogen and oxygen atoms in total. The molecular weight excluding hydrogens is 272 g/mol. The molecule has 0 spiro atoms. The number of aromatic carboxylic acids is 1. The lowest BCUT2D eigenvalue weighted by molar-refractivity contribution is 0.0689. The summed E-state index contributed by atoms with van der Waals surface area (Å²) >= 11 is 0. The van der Waals surface area contributed by atoms with E-state index in [1.165, 1.54) is 10.7 Å². The van der Waals surface area contributed by atoms with Crippen molar-refractivity contribution in [3.8, 4) is 22.8 Å². The SMILES string of the molecule is COc1cccc(-c2cc(C(=O)O)nn2C)c1OC(C)C. The topological polar surface area (TPSA) is 73.6 Å². The van der Waals surface area contributed by atoms with Gasteiger partial charge in [0.05, 0.1) is 18.9 Å². The Labute approximate surface area is 122 Å². The molecule has 6 heteroatoms. The van der Waals surface area contributed by atoms with E-state index in [1.54, 1.807) is 20.2 Å². The van der Waals surface area contributed by atoms with E-state index in [0.29, 0.717) is 17.2 Å². The van der Waals surface area contributed by atoms with Gasteiger partial charge in [0.2, 0.25) is 0 Å². The Morgan fingerprint density at radius 2 is 2.10 bits per heavy atom. The maximum absolute atomic E-state index is 11.1. The lowest BCUT2D eigenvalue weighted by atomic mass is 10.1. The maximum Gasteiger partial charge on any atom is 0.356 e. The molecule has 0 saturated heterocycles. The number of hydrogen-bond acceptors (Lipinski definition) is 4. The van der Waals surface area contributed by atoms with Gasteiger partial charge in [0.25, 0.3) is 0 Å². The standard InChI is InChI=1S/C15H18N2O4/c1-9(2)21-14-10(6-5-7-13(14)20-4)12-8-11(15(18)19)16-17(12)3/h5-9H,1-4H3,(H,18,19). The molecule has 2 rings (SSSR count). The van der Waals surface area contributed by atoms with Gasteiger partial charge in [-0.2, -0.15) is 5.10 Å². The molecule has 21 heavy (non-hydrogen) atoms. The number of rotatable bonds is 5. The summed E-state index contributed by atoms with van der Waals surface area (Å²) in [5.74, 6) is 0.111. The van der Waals surface area contributed by atoms with E-state index in [-0.39, 0.29) is 11.8 Å². The third kappa shape index (κ3) is 2.99. The quantitative estimate of drug-likeness (QED) is 0.916. The van der Waals surface area contributed by atoms with Crippen LogP contribution in [0.2, 0.25) is 0 Å². The van der Waals surface area contributed by atoms with Crippen molar-refractivity contribution in [1.29, 1.82) is 0 Å². The summed E-state index contributed by atoms with van der Waals surface area (Å²) in [6.45, 7) is 3.84. The second-order valence-electron chi connectivity index (χ2n) is 4.85. The van der Waals surface area contributed by atoms with Crippen LogP contribution in [0.3, 0.4) is 0 Å². The Morgan fingerprint density at radius 3 is 2.62 bits per heavy atom. The number of hydrogen-bond donors (Lipinski definition) is 1. The van der Waals surface area contributed by atoms with Crippen molar-refractivity contribution >= 4 is 5.97 Å². The molecule has 0 aliphatic rings. The molecule has 1 aromatic heterocycles. The molecule has 0 radical (unpaired) electrons. The van der Waals surface area contributed by atoms with Crippen LogP contribution in [-0.4, -0.2) is 34.1 Å². The molecule has 112 valence electrons. The summed E-state index contributed by atoms with van der Waals surface area (Å²) in [5.41, 5.74) is 1.39. The van der Waals surface area contributed by atoms with Gasteiger partial charge in [-0.05, 0) is 32.0 Å². The lowest BCUT2D eigenvalue weighted by Gasteiger charge is -2.17. The molecule has 0 atom stereocenters. The zero-order valence-electron chi connectivity index (χ0n) is 12.5. The zero-order chi connectivity index (χ0) is 15.6. The van der Waals surface area contributed by atoms with Gasteiger partial charge in [0.1, 0.15) is 0 Å². The van der Waals surface area contributed by atoms with E-state index in [2.05, 4.69) is 5.10 Å². The maximum atomic E-state index is 11.1. The van der Waals surface area contributed by atoms with Crippen molar-refractivity contribution in [2.24, 2.45) is 7.05 Å². The fourth-order valence-corrected chi connectivity index (χ4v) is 2.06. The van der Waals surface area contributed by atoms with Crippen LogP contribution in [0.1, 0.15) is 24.3 Å². The van der Waals surface area contributed by atoms with E-state index >= 15 is 0 Å². The third-order valence-electron chi connectivity index (χ3n) is 2.93. The van der Waals surface area contributed by atoms with Gasteiger partial charge in [-0.25, -0.2) is 4.79 Å². The van der Waals surface area contributed by atoms with Gasteiger partial charge in [-0.15, -0.1) is 0 Å². The van der Waals surface area contributed by atoms with Crippen LogP contribution in [0.5, 0.6) is 11.5 Å². The average Bonchev–Trinajstić information content (AvgIpc) is 2.80. The predicted octanol–water partition coefficient (Wildman–Crippen LogP) is 2.58. The summed E-state index contributed by atoms with van der Waals surface area (Å²) in [4.78, 5) is 11.1. The molecule has 1 N–H and O–H groups in total. The summed E-state index contributed by atoms with van der Waals surface area (Å²) in [6.07, 6.45) is -0.0350. The van der Waals surface area contributed by atoms with Gasteiger partial charge < -0.3 is 14.6 Å². The number of ether oxygens (including phenoxy) is 2. The minimum atomic E-state index is -1.06. The largest absolute Gasteiger partial charge is 0.493 e. The van der Waals surface area contributed by atoms with Crippen LogP contribution >= 0.6 is 0 Å². The molecule has 0 fully saturated rings. The summed E-state index contributed by atoms with van der Waals surface area (Å²) in [6, 6.07) is 7.00. The van der Waals surface area contributed by atoms with Gasteiger partial charge in [0.15, 0.2) is 17.2 Å². The van der Waals surface area contributed by atoms with Gasteiger partial charge in [0, 0.05) is 12.6 Å². The second-order valence-corrected chi connectivity index (χ2v) is 4.85. The zero-order valence-corrected chi connectivity index (χ0v) is 12.5. The van der Waals surface area contributed by atoms with Crippen molar-refractivity contribution < 1.29 is 19.4 Å². The van der Waals surface area contributed by atoms with Crippen molar-refractivity contribution in [3.05, 3.63) is 30.0 Å². The first-order chi connectivity index (χ1) is 9.93. The molecule has 1 heterocycles. The monoisotopic (exact) mass is 290 g/mol. The second kappa shape index (κ2) is 5.87. The van der Waals surface area contributed by atoms with E-state index in [0.717, 1.165) is 5.56 Å². The number of benzene rings is 1. The van der Waals surface area contributed by atoms with Crippen molar-refractivity contribution in [2.45, 2.75) is 20.0 Å². The Bertz CT molecular complexity index is 662. The fraction of sp³-hybridized carbons (Fsp3) is 0.333. The van der Waals surface area contributed by atoms with Gasteiger partial charge in [-0.3, -0.25) is 4.68 Å². The number of carbonyl (C=O) groups is 1. The molecule has 2 aromatic rings. The molecule has 0 amide bonds. The smallest absolute Gasteiger partial charge is 0.356 e. The minimum Gasteiger partial charge on any atom is -0.493 e. The van der Waals surface area contributed by atoms with Crippen LogP contribution in [0.25, 0.3) is 11.3 Å². The molecule has 0 aliphatic heterocycles. The average molecular weight is 290 g/mol. The Kier molecular flexibility index (Phi) is 4.16. The number of carboxylic acids is 1. The van der Waals surface area contributed by atoms with Crippen LogP contribution in [-0.2, 0) is 7.05 Å². The Hall–Kier alpha value is -2.50. The third-order valence-corrected chi connectivity index (χ3v) is 2.93. The molecular formula is C15H18N2O4. The van der Waals surface area contributed by atoms with Gasteiger partial charge in [-0.1, -0.05) is 6.07 Å². The van der Waals surface area contributed by atoms with Crippen LogP contribution in [0, 0.1) is 0 Å². The van der Waals surface area contributed by atoms with E-state index in [9.17, 15) is 4.79 Å². The highest BCUT2D eigenvalue weighted by atomic mass is 16.5. The highest BCUT2D eigenvalue weighted by Gasteiger charge is 2.19. The summed E-state index contributed by atoms with van der Waals surface area (Å²) in [5, 5.41) is 13.0. The number of methoxy groups -OCH3 is 1. The fourth-order valence-electron chi connectivity index (χ4n) is 2.06. The molecule has 1 aromatic carbocycles. The predicted molar refractivity (Wildman–Crippen MR) is 77.9 cm³/mol. The van der Waals surface area contributed by atoms with E-state index in [4.69, 9.17) is 14.6 Å². The van der Waals surface area contributed by atoms with Crippen molar-refractivity contribution in [3.63, 3.8) is 0 Å². The van der Waals surface area contributed by atoms with Crippen molar-refractivity contribution in [2.75, 3.05) is 7.11 Å². The summed E-state index contributed by atoms with van der Waals surface area (Å²) < 4.78 is 12.7. The first-order valence-electron chi connectivity index (χ1n) is 6.55. The Morgan fingerprint density at radius 1 is 1.38 bits per heavy atom. The highest BCUT2D eigenvalue weighted by molar-refractivity contribution is 5.87. The highest BCUT2D eigenvalue weighted by Crippen LogP contribution is 2.38. The minimum absolute atomic E-state index is 0.00850. The Balaban J connectivity index is 2.60. The number of aromatic nitrogens is 2. The molecule has 0 saturated carbocycles. The van der Waals surface area contributed by atoms with E-state index in [1.807, 2.05) is 26.0 Å². The number of carboxylic acid groups (broad SMARTS) is 1. The number of aryl methyl sites for hydroxylation is 1. The molecule has 0 unspecified atom stereocenters. The van der Waals surface area contributed by atoms with Crippen LogP contribution in [0.15, 0.2) is 24.3 Å². The molecule has 0 aliphatic carbocycles. The van der Waals surface area contributed by atoms with Crippen LogP contribution in [0.4, 0.5) is 0 Å². The number of nitrogens with zero attached hydrogens (tertiary/aromatic N) is 2. The summed E-state index contributed by atoms with van der Waals surface area (Å²) in [7, 11) is 3.26. The number of para-hydroxylation sites is 1. The first kappa shape index (κ1) is 14.9. The van der Waals surface area contributed by atoms with Crippen LogP contribution < -0.4 is 9.47 Å². The van der Waals surface area contributed by atoms with Gasteiger partial charge >= 0.3 is 5.97 Å². The molecule has 0 bridgehead atoms. The van der Waals surface area contributed by atoms with E-state index < -0.39 is 5.97 Å². The first-order valence-corrected chi connectivity index (χ1v) is 6.55. The normalized spacial score (nSPS) is 10.7.